The Morgan fingerprint density at radius 2 is 0.600 bits per heavy atom. The van der Waals surface area contributed by atoms with Gasteiger partial charge < -0.3 is 9.13 Å². The maximum Gasteiger partial charge on any atom is 0.171 e. The summed E-state index contributed by atoms with van der Waals surface area (Å²) in [5, 5.41) is 0. The molecule has 0 aliphatic carbocycles. The molecular weight excluding hydrogens is 771 g/mol. The van der Waals surface area contributed by atoms with Crippen molar-refractivity contribution in [3.63, 3.8) is 0 Å². The van der Waals surface area contributed by atoms with Crippen LogP contribution in [0.4, 0.5) is 0 Å². The average molecular weight is 853 g/mol. The van der Waals surface area contributed by atoms with Crippen molar-refractivity contribution in [3.05, 3.63) is 154 Å². The monoisotopic (exact) mass is 853 g/mol. The number of hydrogen-bond donors (Lipinski definition) is 0. The standard InChI is InChI=1S/C26H38NOP.C26H36NOP.2CH4/c2*1-25(2,3)21-13-9-19(10-14-21)23-17-18-24(29(23,28)27(7)8)20-11-15-22(16-12-20)26(4,5)6;;/h9-16,23-24H,17-18H2,1-8H3;9-18,23-24H,1-8H3;2*1H4/t2*23-,24+,29?;;. The van der Waals surface area contributed by atoms with Crippen LogP contribution in [0.25, 0.3) is 0 Å². The Morgan fingerprint density at radius 1 is 0.383 bits per heavy atom. The van der Waals surface area contributed by atoms with Gasteiger partial charge in [0.15, 0.2) is 14.6 Å². The van der Waals surface area contributed by atoms with Gasteiger partial charge >= 0.3 is 0 Å². The van der Waals surface area contributed by atoms with Crippen LogP contribution in [0, 0.1) is 0 Å². The van der Waals surface area contributed by atoms with Gasteiger partial charge in [-0.2, -0.15) is 0 Å². The van der Waals surface area contributed by atoms with Crippen molar-refractivity contribution in [2.75, 3.05) is 28.2 Å². The third-order valence-electron chi connectivity index (χ3n) is 12.7. The third-order valence-corrected chi connectivity index (χ3v) is 20.6. The van der Waals surface area contributed by atoms with Crippen molar-refractivity contribution < 1.29 is 9.13 Å². The first-order valence-electron chi connectivity index (χ1n) is 21.3. The largest absolute Gasteiger partial charge is 0.305 e. The lowest BCUT2D eigenvalue weighted by atomic mass is 9.86. The molecule has 1 fully saturated rings. The molecule has 6 rings (SSSR count). The zero-order valence-electron chi connectivity index (χ0n) is 38.7. The molecule has 0 saturated carbocycles. The Balaban J connectivity index is 0.000000310. The minimum absolute atomic E-state index is 0. The lowest BCUT2D eigenvalue weighted by Crippen LogP contribution is -2.16. The average Bonchev–Trinajstić information content (AvgIpc) is 3.69. The summed E-state index contributed by atoms with van der Waals surface area (Å²) in [6, 6.07) is 35.2. The zero-order chi connectivity index (χ0) is 43.2. The lowest BCUT2D eigenvalue weighted by Gasteiger charge is -2.33. The predicted molar refractivity (Wildman–Crippen MR) is 266 cm³/mol. The van der Waals surface area contributed by atoms with Gasteiger partial charge in [-0.1, -0.05) is 207 Å². The summed E-state index contributed by atoms with van der Waals surface area (Å²) in [6.07, 6.45) is 6.29. The minimum Gasteiger partial charge on any atom is -0.305 e. The van der Waals surface area contributed by atoms with Crippen LogP contribution in [0.2, 0.25) is 0 Å². The molecule has 2 unspecified atom stereocenters. The first-order chi connectivity index (χ1) is 26.7. The van der Waals surface area contributed by atoms with E-state index in [-0.39, 0.29) is 59.1 Å². The summed E-state index contributed by atoms with van der Waals surface area (Å²) in [5.41, 5.74) is 10.6. The molecule has 0 spiro atoms. The van der Waals surface area contributed by atoms with Crippen molar-refractivity contribution in [2.24, 2.45) is 0 Å². The number of allylic oxidation sites excluding steroid dienone is 2. The summed E-state index contributed by atoms with van der Waals surface area (Å²) in [4.78, 5) is 0. The number of rotatable bonds is 6. The molecule has 4 aromatic rings. The molecule has 0 N–H and O–H groups in total. The molecule has 6 heteroatoms. The summed E-state index contributed by atoms with van der Waals surface area (Å²) in [7, 11) is 2.64. The van der Waals surface area contributed by atoms with Crippen LogP contribution in [-0.2, 0) is 30.8 Å². The molecule has 4 nitrogen and oxygen atoms in total. The molecule has 0 radical (unpaired) electrons. The van der Waals surface area contributed by atoms with Crippen LogP contribution in [0.3, 0.4) is 0 Å². The van der Waals surface area contributed by atoms with Crippen LogP contribution in [0.5, 0.6) is 0 Å². The summed E-state index contributed by atoms with van der Waals surface area (Å²) < 4.78 is 32.9. The van der Waals surface area contributed by atoms with E-state index < -0.39 is 14.6 Å². The van der Waals surface area contributed by atoms with E-state index >= 15 is 0 Å². The summed E-state index contributed by atoms with van der Waals surface area (Å²) in [6.45, 7) is 26.7. The minimum atomic E-state index is -2.70. The van der Waals surface area contributed by atoms with Crippen molar-refractivity contribution in [1.29, 1.82) is 0 Å². The van der Waals surface area contributed by atoms with Crippen LogP contribution < -0.4 is 0 Å². The normalized spacial score (nSPS) is 24.4. The Labute approximate surface area is 368 Å². The maximum absolute atomic E-state index is 14.5. The second-order valence-electron chi connectivity index (χ2n) is 21.4. The van der Waals surface area contributed by atoms with E-state index in [9.17, 15) is 9.13 Å². The molecule has 4 aromatic carbocycles. The third kappa shape index (κ3) is 10.6. The van der Waals surface area contributed by atoms with Gasteiger partial charge in [-0.05, 0) is 107 Å². The highest BCUT2D eigenvalue weighted by molar-refractivity contribution is 7.63. The Morgan fingerprint density at radius 3 is 0.800 bits per heavy atom. The van der Waals surface area contributed by atoms with Gasteiger partial charge in [0, 0.05) is 0 Å². The maximum atomic E-state index is 14.5. The van der Waals surface area contributed by atoms with Crippen molar-refractivity contribution in [3.8, 4) is 0 Å². The van der Waals surface area contributed by atoms with Crippen molar-refractivity contribution in [2.45, 2.75) is 155 Å². The summed E-state index contributed by atoms with van der Waals surface area (Å²) >= 11 is 0. The van der Waals surface area contributed by atoms with Crippen LogP contribution in [0.15, 0.2) is 109 Å². The van der Waals surface area contributed by atoms with E-state index in [1.807, 2.05) is 37.5 Å². The van der Waals surface area contributed by atoms with Gasteiger partial charge in [0.25, 0.3) is 0 Å². The lowest BCUT2D eigenvalue weighted by molar-refractivity contribution is 0.502. The molecule has 0 bridgehead atoms. The summed E-state index contributed by atoms with van der Waals surface area (Å²) in [5.74, 6) is 0. The van der Waals surface area contributed by atoms with Crippen LogP contribution in [0.1, 0.15) is 178 Å². The molecule has 2 heterocycles. The van der Waals surface area contributed by atoms with Gasteiger partial charge in [0.2, 0.25) is 0 Å². The predicted octanol–water partition coefficient (Wildman–Crippen LogP) is 16.4. The molecule has 0 aromatic heterocycles. The van der Waals surface area contributed by atoms with Crippen molar-refractivity contribution >= 4 is 14.6 Å². The Hall–Kier alpha value is -3.00. The molecule has 0 amide bonds. The fourth-order valence-electron chi connectivity index (χ4n) is 8.77. The molecule has 2 aliphatic heterocycles. The molecule has 2 aliphatic rings. The smallest absolute Gasteiger partial charge is 0.171 e. The van der Waals surface area contributed by atoms with E-state index in [1.54, 1.807) is 0 Å². The fraction of sp³-hybridized carbons (Fsp3) is 0.519. The fourth-order valence-corrected chi connectivity index (χ4v) is 15.8. The molecular formula is C54H82N2O2P2. The second-order valence-corrected chi connectivity index (χ2v) is 28.1. The topological polar surface area (TPSA) is 40.6 Å². The first-order valence-corrected chi connectivity index (χ1v) is 24.9. The molecule has 1 saturated heterocycles. The van der Waals surface area contributed by atoms with Crippen LogP contribution >= 0.6 is 14.6 Å². The van der Waals surface area contributed by atoms with E-state index in [2.05, 4.69) is 192 Å². The van der Waals surface area contributed by atoms with Gasteiger partial charge in [-0.25, -0.2) is 0 Å². The van der Waals surface area contributed by atoms with Gasteiger partial charge in [0.05, 0.1) is 22.6 Å². The zero-order valence-corrected chi connectivity index (χ0v) is 40.5. The van der Waals surface area contributed by atoms with E-state index in [4.69, 9.17) is 0 Å². The van der Waals surface area contributed by atoms with Gasteiger partial charge in [-0.15, -0.1) is 0 Å². The highest BCUT2D eigenvalue weighted by Crippen LogP contribution is 2.77. The van der Waals surface area contributed by atoms with E-state index in [0.29, 0.717) is 0 Å². The Kier molecular flexibility index (Phi) is 16.1. The first kappa shape index (κ1) is 51.4. The highest BCUT2D eigenvalue weighted by Gasteiger charge is 2.49. The van der Waals surface area contributed by atoms with Crippen LogP contribution in [-0.4, -0.2) is 37.5 Å². The molecule has 6 atom stereocenters. The highest BCUT2D eigenvalue weighted by atomic mass is 31.2. The Bertz CT molecular complexity index is 1970. The number of hydrogen-bond acceptors (Lipinski definition) is 2. The number of nitrogens with zero attached hydrogens (tertiary/aromatic N) is 2. The quantitative estimate of drug-likeness (QED) is 0.143. The van der Waals surface area contributed by atoms with Gasteiger partial charge in [-0.3, -0.25) is 9.34 Å². The van der Waals surface area contributed by atoms with E-state index in [1.165, 1.54) is 33.4 Å². The second kappa shape index (κ2) is 18.8. The SMILES string of the molecule is C.C.CN(C)P1(=O)[C@@H](c2ccc(C(C)(C)C)cc2)C=C[C@H]1c1ccc(C(C)(C)C)cc1.CN(C)P1(=O)[C@@H](c2ccc(C(C)(C)C)cc2)CC[C@H]1c1ccc(C(C)(C)C)cc1. The molecule has 330 valence electrons. The van der Waals surface area contributed by atoms with Gasteiger partial charge in [0.1, 0.15) is 0 Å². The van der Waals surface area contributed by atoms with E-state index in [0.717, 1.165) is 24.0 Å². The number of benzene rings is 4. The molecule has 60 heavy (non-hydrogen) atoms. The van der Waals surface area contributed by atoms with Crippen molar-refractivity contribution in [1.82, 2.24) is 9.34 Å².